The van der Waals surface area contributed by atoms with E-state index >= 15 is 0 Å². The van der Waals surface area contributed by atoms with Gasteiger partial charge in [-0.3, -0.25) is 9.59 Å². The van der Waals surface area contributed by atoms with Gasteiger partial charge in [0, 0.05) is 7.11 Å². The predicted molar refractivity (Wildman–Crippen MR) is 62.7 cm³/mol. The molecule has 0 unspecified atom stereocenters. The van der Waals surface area contributed by atoms with E-state index in [1.807, 2.05) is 13.0 Å². The number of aliphatic hydroxyl groups is 1. The van der Waals surface area contributed by atoms with E-state index in [0.29, 0.717) is 11.5 Å². The largest absolute Gasteiger partial charge is 0.400 e. The zero-order valence-electron chi connectivity index (χ0n) is 9.38. The lowest BCUT2D eigenvalue weighted by Crippen LogP contribution is -1.98. The van der Waals surface area contributed by atoms with Crippen LogP contribution in [0.25, 0.3) is 0 Å². The molecule has 0 fully saturated rings. The van der Waals surface area contributed by atoms with Crippen LogP contribution in [0.4, 0.5) is 11.5 Å². The quantitative estimate of drug-likeness (QED) is 0.475. The highest BCUT2D eigenvalue weighted by Gasteiger charge is 1.96. The van der Waals surface area contributed by atoms with Crippen molar-refractivity contribution in [3.63, 3.8) is 0 Å². The Morgan fingerprint density at radius 2 is 1.81 bits per heavy atom. The van der Waals surface area contributed by atoms with E-state index in [4.69, 9.17) is 26.2 Å². The third kappa shape index (κ3) is 7.45. The van der Waals surface area contributed by atoms with Crippen LogP contribution in [0, 0.1) is 0 Å². The fourth-order valence-electron chi connectivity index (χ4n) is 0.823. The Hall–Kier alpha value is -1.95. The molecule has 16 heavy (non-hydrogen) atoms. The minimum absolute atomic E-state index is 0.194. The van der Waals surface area contributed by atoms with Gasteiger partial charge in [-0.15, -0.1) is 0 Å². The second-order valence-electron chi connectivity index (χ2n) is 2.44. The van der Waals surface area contributed by atoms with Gasteiger partial charge >= 0.3 is 0 Å². The minimum Gasteiger partial charge on any atom is -0.400 e. The van der Waals surface area contributed by atoms with E-state index in [-0.39, 0.29) is 12.6 Å². The van der Waals surface area contributed by atoms with Crippen LogP contribution in [-0.2, 0) is 16.0 Å². The zero-order chi connectivity index (χ0) is 13.0. The number of aldehydes is 2. The van der Waals surface area contributed by atoms with E-state index in [9.17, 15) is 0 Å². The molecule has 1 aromatic rings. The summed E-state index contributed by atoms with van der Waals surface area (Å²) in [6.45, 7) is 2.02. The monoisotopic (exact) mass is 227 g/mol. The first kappa shape index (κ1) is 16.5. The van der Waals surface area contributed by atoms with E-state index in [1.165, 1.54) is 0 Å². The number of rotatable bonds is 2. The van der Waals surface area contributed by atoms with Gasteiger partial charge in [0.05, 0.1) is 11.9 Å². The molecule has 0 saturated heterocycles. The van der Waals surface area contributed by atoms with Crippen LogP contribution in [0.1, 0.15) is 12.5 Å². The summed E-state index contributed by atoms with van der Waals surface area (Å²) in [5.74, 6) is 0.580. The van der Waals surface area contributed by atoms with E-state index in [0.717, 1.165) is 19.1 Å². The van der Waals surface area contributed by atoms with Crippen molar-refractivity contribution in [3.8, 4) is 0 Å². The smallest absolute Gasteiger partial charge is 0.182 e. The average Bonchev–Trinajstić information content (AvgIpc) is 2.35. The van der Waals surface area contributed by atoms with Crippen LogP contribution < -0.4 is 11.5 Å². The molecule has 0 radical (unpaired) electrons. The lowest BCUT2D eigenvalue weighted by atomic mass is 10.2. The maximum Gasteiger partial charge on any atom is 0.182 e. The number of nitrogens with two attached hydrogens (primary N) is 2. The number of carbonyl (C=O) groups is 2. The first-order chi connectivity index (χ1) is 7.65. The number of aliphatic hydroxyl groups excluding tert-OH is 1. The van der Waals surface area contributed by atoms with Crippen molar-refractivity contribution >= 4 is 24.1 Å². The lowest BCUT2D eigenvalue weighted by molar-refractivity contribution is -0.122. The first-order valence-electron chi connectivity index (χ1n) is 4.49. The van der Waals surface area contributed by atoms with Crippen LogP contribution in [-0.4, -0.2) is 29.8 Å². The molecule has 0 aliphatic carbocycles. The molecular formula is C10H17N3O3. The average molecular weight is 227 g/mol. The number of nitrogen functional groups attached to an aromatic ring is 2. The maximum atomic E-state index is 8.81. The van der Waals surface area contributed by atoms with E-state index in [2.05, 4.69) is 4.98 Å². The summed E-state index contributed by atoms with van der Waals surface area (Å²) < 4.78 is 0. The minimum atomic E-state index is 0.194. The summed E-state index contributed by atoms with van der Waals surface area (Å²) in [5.41, 5.74) is 12.7. The SMILES string of the molecule is CCc1cc(N)cnc1N.CO.O=CC=O. The number of carbonyl (C=O) groups excluding carboxylic acids is 2. The van der Waals surface area contributed by atoms with Gasteiger partial charge in [-0.2, -0.15) is 0 Å². The number of pyridine rings is 1. The van der Waals surface area contributed by atoms with Crippen LogP contribution in [0.3, 0.4) is 0 Å². The molecule has 0 bridgehead atoms. The van der Waals surface area contributed by atoms with Crippen molar-refractivity contribution in [1.82, 2.24) is 4.98 Å². The standard InChI is InChI=1S/C7H11N3.C2H2O2.CH4O/c1-2-5-3-6(8)4-10-7(5)9;3-1-2-4;1-2/h3-4H,2,8H2,1H3,(H2,9,10);1-2H;2H,1H3. The third-order valence-corrected chi connectivity index (χ3v) is 1.46. The number of nitrogens with zero attached hydrogens (tertiary/aromatic N) is 1. The highest BCUT2D eigenvalue weighted by atomic mass is 16.2. The van der Waals surface area contributed by atoms with Gasteiger partial charge < -0.3 is 16.6 Å². The lowest BCUT2D eigenvalue weighted by Gasteiger charge is -2.00. The molecule has 5 N–H and O–H groups in total. The Balaban J connectivity index is 0. The van der Waals surface area contributed by atoms with Crippen molar-refractivity contribution in [3.05, 3.63) is 17.8 Å². The molecule has 0 atom stereocenters. The van der Waals surface area contributed by atoms with Crippen LogP contribution >= 0.6 is 0 Å². The number of aromatic nitrogens is 1. The normalized spacial score (nSPS) is 7.69. The molecule has 0 aliphatic heterocycles. The number of anilines is 2. The number of aryl methyl sites for hydroxylation is 1. The van der Waals surface area contributed by atoms with Gasteiger partial charge in [0.25, 0.3) is 0 Å². The van der Waals surface area contributed by atoms with E-state index < -0.39 is 0 Å². The van der Waals surface area contributed by atoms with Crippen LogP contribution in [0.5, 0.6) is 0 Å². The van der Waals surface area contributed by atoms with Crippen molar-refractivity contribution in [1.29, 1.82) is 0 Å². The molecule has 6 heteroatoms. The van der Waals surface area contributed by atoms with Crippen molar-refractivity contribution in [2.45, 2.75) is 13.3 Å². The molecule has 1 aromatic heterocycles. The fraction of sp³-hybridized carbons (Fsp3) is 0.300. The molecule has 1 heterocycles. The van der Waals surface area contributed by atoms with Gasteiger partial charge in [0.2, 0.25) is 0 Å². The first-order valence-corrected chi connectivity index (χ1v) is 4.49. The molecule has 0 amide bonds. The highest BCUT2D eigenvalue weighted by Crippen LogP contribution is 2.11. The van der Waals surface area contributed by atoms with Crippen molar-refractivity contribution < 1.29 is 14.7 Å². The Labute approximate surface area is 94.3 Å². The Morgan fingerprint density at radius 1 is 1.31 bits per heavy atom. The van der Waals surface area contributed by atoms with Gasteiger partial charge in [0.1, 0.15) is 5.82 Å². The van der Waals surface area contributed by atoms with Gasteiger partial charge in [0.15, 0.2) is 12.6 Å². The summed E-state index contributed by atoms with van der Waals surface area (Å²) >= 11 is 0. The summed E-state index contributed by atoms with van der Waals surface area (Å²) in [6, 6.07) is 1.85. The topological polar surface area (TPSA) is 119 Å². The van der Waals surface area contributed by atoms with Crippen molar-refractivity contribution in [2.75, 3.05) is 18.6 Å². The molecule has 0 saturated carbocycles. The number of hydrogen-bond acceptors (Lipinski definition) is 6. The molecule has 6 nitrogen and oxygen atoms in total. The Morgan fingerprint density at radius 3 is 2.12 bits per heavy atom. The fourth-order valence-corrected chi connectivity index (χ4v) is 0.823. The predicted octanol–water partition coefficient (Wildman–Crippen LogP) is -0.199. The summed E-state index contributed by atoms with van der Waals surface area (Å²) in [6.07, 6.45) is 2.83. The summed E-state index contributed by atoms with van der Waals surface area (Å²) in [4.78, 5) is 21.5. The molecule has 0 aromatic carbocycles. The molecule has 0 spiro atoms. The summed E-state index contributed by atoms with van der Waals surface area (Å²) in [7, 11) is 1.00. The van der Waals surface area contributed by atoms with Crippen molar-refractivity contribution in [2.24, 2.45) is 0 Å². The van der Waals surface area contributed by atoms with E-state index in [1.54, 1.807) is 6.20 Å². The Bertz CT molecular complexity index is 310. The van der Waals surface area contributed by atoms with Crippen LogP contribution in [0.15, 0.2) is 12.3 Å². The second-order valence-corrected chi connectivity index (χ2v) is 2.44. The molecule has 1 rings (SSSR count). The van der Waals surface area contributed by atoms with Gasteiger partial charge in [-0.25, -0.2) is 4.98 Å². The van der Waals surface area contributed by atoms with Gasteiger partial charge in [-0.1, -0.05) is 6.92 Å². The second kappa shape index (κ2) is 11.1. The zero-order valence-corrected chi connectivity index (χ0v) is 9.38. The maximum absolute atomic E-state index is 8.81. The molecule has 90 valence electrons. The summed E-state index contributed by atoms with van der Waals surface area (Å²) in [5, 5.41) is 7.00. The highest BCUT2D eigenvalue weighted by molar-refractivity contribution is 6.09. The Kier molecular flexibility index (Phi) is 11.5. The van der Waals surface area contributed by atoms with Crippen LogP contribution in [0.2, 0.25) is 0 Å². The third-order valence-electron chi connectivity index (χ3n) is 1.46. The number of hydrogen-bond donors (Lipinski definition) is 3. The molecule has 0 aliphatic rings. The van der Waals surface area contributed by atoms with Gasteiger partial charge in [-0.05, 0) is 18.1 Å². The molecular weight excluding hydrogens is 210 g/mol.